The quantitative estimate of drug-likeness (QED) is 0.796. The number of piperidine rings is 1. The summed E-state index contributed by atoms with van der Waals surface area (Å²) >= 11 is 0. The number of carbonyl (C=O) groups is 1. The van der Waals surface area contributed by atoms with Crippen LogP contribution < -0.4 is 5.32 Å². The lowest BCUT2D eigenvalue weighted by molar-refractivity contribution is -0.183. The van der Waals surface area contributed by atoms with E-state index in [1.165, 1.54) is 6.92 Å². The van der Waals surface area contributed by atoms with Crippen molar-refractivity contribution >= 4 is 18.4 Å². The fourth-order valence-electron chi connectivity index (χ4n) is 1.89. The number of rotatable bonds is 3. The monoisotopic (exact) mass is 243 g/mol. The van der Waals surface area contributed by atoms with Gasteiger partial charge in [-0.25, -0.2) is 8.78 Å². The molecule has 1 unspecified atom stereocenters. The van der Waals surface area contributed by atoms with Gasteiger partial charge in [-0.3, -0.25) is 4.79 Å². The Hall–Kier alpha value is -0.420. The van der Waals surface area contributed by atoms with Crippen molar-refractivity contribution in [3.8, 4) is 0 Å². The molecule has 6 heteroatoms. The first-order chi connectivity index (χ1) is 6.46. The predicted molar refractivity (Wildman–Crippen MR) is 54.7 cm³/mol. The maximum atomic E-state index is 13.5. The van der Waals surface area contributed by atoms with E-state index in [0.717, 1.165) is 0 Å². The molecule has 0 radical (unpaired) electrons. The van der Waals surface area contributed by atoms with Crippen LogP contribution in [0.1, 0.15) is 26.2 Å². The number of halogens is 3. The molecule has 90 valence electrons. The summed E-state index contributed by atoms with van der Waals surface area (Å²) in [6, 6.07) is 0. The molecule has 3 nitrogen and oxygen atoms in total. The number of aliphatic carboxylic acids is 1. The van der Waals surface area contributed by atoms with Gasteiger partial charge in [-0.05, 0) is 19.4 Å². The van der Waals surface area contributed by atoms with Gasteiger partial charge in [-0.15, -0.1) is 12.4 Å². The van der Waals surface area contributed by atoms with Crippen LogP contribution in [0.3, 0.4) is 0 Å². The van der Waals surface area contributed by atoms with Gasteiger partial charge >= 0.3 is 5.97 Å². The van der Waals surface area contributed by atoms with Crippen molar-refractivity contribution in [2.45, 2.75) is 32.1 Å². The Bertz CT molecular complexity index is 230. The van der Waals surface area contributed by atoms with Gasteiger partial charge in [-0.1, -0.05) is 6.92 Å². The van der Waals surface area contributed by atoms with Crippen LogP contribution in [-0.4, -0.2) is 30.1 Å². The molecule has 0 spiro atoms. The van der Waals surface area contributed by atoms with Gasteiger partial charge in [0.05, 0.1) is 0 Å². The molecular formula is C9H16ClF2NO2. The third kappa shape index (κ3) is 2.39. The first kappa shape index (κ1) is 14.6. The van der Waals surface area contributed by atoms with E-state index in [9.17, 15) is 13.6 Å². The summed E-state index contributed by atoms with van der Waals surface area (Å²) in [5.74, 6) is -4.52. The topological polar surface area (TPSA) is 49.3 Å². The number of nitrogens with one attached hydrogen (secondary N) is 1. The molecule has 1 aliphatic heterocycles. The average Bonchev–Trinajstić information content (AvgIpc) is 2.18. The van der Waals surface area contributed by atoms with Crippen molar-refractivity contribution in [1.82, 2.24) is 5.32 Å². The number of hydrogen-bond acceptors (Lipinski definition) is 2. The molecule has 0 amide bonds. The van der Waals surface area contributed by atoms with Crippen LogP contribution in [0.2, 0.25) is 0 Å². The van der Waals surface area contributed by atoms with E-state index in [1.807, 2.05) is 0 Å². The highest BCUT2D eigenvalue weighted by Crippen LogP contribution is 2.44. The van der Waals surface area contributed by atoms with Crippen LogP contribution in [-0.2, 0) is 4.79 Å². The van der Waals surface area contributed by atoms with Gasteiger partial charge in [0.2, 0.25) is 0 Å². The molecule has 1 saturated heterocycles. The number of hydrogen-bond donors (Lipinski definition) is 2. The Morgan fingerprint density at radius 1 is 1.60 bits per heavy atom. The Morgan fingerprint density at radius 2 is 2.20 bits per heavy atom. The van der Waals surface area contributed by atoms with Crippen LogP contribution in [0, 0.1) is 5.41 Å². The van der Waals surface area contributed by atoms with Gasteiger partial charge in [0.25, 0.3) is 5.92 Å². The second-order valence-electron chi connectivity index (χ2n) is 3.73. The summed E-state index contributed by atoms with van der Waals surface area (Å²) in [6.07, 6.45) is 0.110. The minimum absolute atomic E-state index is 0. The van der Waals surface area contributed by atoms with E-state index in [0.29, 0.717) is 13.0 Å². The lowest BCUT2D eigenvalue weighted by Gasteiger charge is -2.39. The largest absolute Gasteiger partial charge is 0.481 e. The van der Waals surface area contributed by atoms with Crippen LogP contribution in [0.5, 0.6) is 0 Å². The SMILES string of the molecule is CCC(F)(F)C1(C(=O)O)CCCNC1.Cl. The maximum Gasteiger partial charge on any atom is 0.317 e. The highest BCUT2D eigenvalue weighted by atomic mass is 35.5. The molecule has 1 heterocycles. The summed E-state index contributed by atoms with van der Waals surface area (Å²) in [5, 5.41) is 11.7. The lowest BCUT2D eigenvalue weighted by atomic mass is 9.74. The number of carboxylic acid groups (broad SMARTS) is 1. The smallest absolute Gasteiger partial charge is 0.317 e. The highest BCUT2D eigenvalue weighted by Gasteiger charge is 2.58. The maximum absolute atomic E-state index is 13.5. The third-order valence-electron chi connectivity index (χ3n) is 2.94. The van der Waals surface area contributed by atoms with E-state index in [2.05, 4.69) is 5.32 Å². The molecule has 0 aromatic rings. The lowest BCUT2D eigenvalue weighted by Crippen LogP contribution is -2.56. The minimum atomic E-state index is -3.13. The minimum Gasteiger partial charge on any atom is -0.481 e. The fraction of sp³-hybridized carbons (Fsp3) is 0.889. The van der Waals surface area contributed by atoms with E-state index >= 15 is 0 Å². The normalized spacial score (nSPS) is 26.9. The molecule has 0 aromatic carbocycles. The van der Waals surface area contributed by atoms with Gasteiger partial charge in [0.15, 0.2) is 0 Å². The summed E-state index contributed by atoms with van der Waals surface area (Å²) < 4.78 is 27.0. The molecule has 0 bridgehead atoms. The Kier molecular flexibility index (Phi) is 4.93. The highest BCUT2D eigenvalue weighted by molar-refractivity contribution is 5.85. The number of alkyl halides is 2. The average molecular weight is 244 g/mol. The van der Waals surface area contributed by atoms with Gasteiger partial charge in [-0.2, -0.15) is 0 Å². The summed E-state index contributed by atoms with van der Waals surface area (Å²) in [7, 11) is 0. The zero-order valence-electron chi connectivity index (χ0n) is 8.56. The van der Waals surface area contributed by atoms with Crippen molar-refractivity contribution in [2.24, 2.45) is 5.41 Å². The fourth-order valence-corrected chi connectivity index (χ4v) is 1.89. The molecular weight excluding hydrogens is 228 g/mol. The molecule has 0 saturated carbocycles. The van der Waals surface area contributed by atoms with Crippen LogP contribution >= 0.6 is 12.4 Å². The molecule has 1 atom stereocenters. The first-order valence-electron chi connectivity index (χ1n) is 4.78. The van der Waals surface area contributed by atoms with E-state index in [1.54, 1.807) is 0 Å². The molecule has 0 aromatic heterocycles. The van der Waals surface area contributed by atoms with Gasteiger partial charge in [0.1, 0.15) is 5.41 Å². The number of carboxylic acids is 1. The zero-order valence-corrected chi connectivity index (χ0v) is 9.37. The second-order valence-corrected chi connectivity index (χ2v) is 3.73. The summed E-state index contributed by atoms with van der Waals surface area (Å²) in [5.41, 5.74) is -1.90. The Balaban J connectivity index is 0.00000196. The van der Waals surface area contributed by atoms with Crippen molar-refractivity contribution in [1.29, 1.82) is 0 Å². The molecule has 0 aliphatic carbocycles. The zero-order chi connectivity index (χ0) is 10.8. The van der Waals surface area contributed by atoms with Crippen molar-refractivity contribution in [3.63, 3.8) is 0 Å². The Labute approximate surface area is 93.6 Å². The van der Waals surface area contributed by atoms with E-state index in [-0.39, 0.29) is 25.4 Å². The Morgan fingerprint density at radius 3 is 2.53 bits per heavy atom. The molecule has 15 heavy (non-hydrogen) atoms. The van der Waals surface area contributed by atoms with Crippen molar-refractivity contribution in [3.05, 3.63) is 0 Å². The first-order valence-corrected chi connectivity index (χ1v) is 4.78. The van der Waals surface area contributed by atoms with Crippen LogP contribution in [0.15, 0.2) is 0 Å². The van der Waals surface area contributed by atoms with Crippen molar-refractivity contribution in [2.75, 3.05) is 13.1 Å². The van der Waals surface area contributed by atoms with Crippen LogP contribution in [0.4, 0.5) is 8.78 Å². The molecule has 1 rings (SSSR count). The predicted octanol–water partition coefficient (Wildman–Crippen LogP) is 1.91. The van der Waals surface area contributed by atoms with Crippen molar-refractivity contribution < 1.29 is 18.7 Å². The molecule has 2 N–H and O–H groups in total. The third-order valence-corrected chi connectivity index (χ3v) is 2.94. The summed E-state index contributed by atoms with van der Waals surface area (Å²) in [4.78, 5) is 11.0. The van der Waals surface area contributed by atoms with Gasteiger partial charge in [0, 0.05) is 13.0 Å². The standard InChI is InChI=1S/C9H15F2NO2.ClH/c1-2-9(10,11)8(7(13)14)4-3-5-12-6-8;/h12H,2-6H2,1H3,(H,13,14);1H. The van der Waals surface area contributed by atoms with Crippen LogP contribution in [0.25, 0.3) is 0 Å². The summed E-state index contributed by atoms with van der Waals surface area (Å²) in [6.45, 7) is 1.80. The van der Waals surface area contributed by atoms with Gasteiger partial charge < -0.3 is 10.4 Å². The van der Waals surface area contributed by atoms with E-state index in [4.69, 9.17) is 5.11 Å². The molecule has 1 fully saturated rings. The molecule has 1 aliphatic rings. The van der Waals surface area contributed by atoms with E-state index < -0.39 is 23.7 Å². The second kappa shape index (κ2) is 5.07.